The molecule has 0 aliphatic rings. The number of carboxylic acid groups (broad SMARTS) is 2. The van der Waals surface area contributed by atoms with Crippen LogP contribution in [0.3, 0.4) is 0 Å². The Labute approximate surface area is 323 Å². The Morgan fingerprint density at radius 1 is 0.592 bits per heavy atom. The SMILES string of the molecule is COc1ccc(N=Nc2ccc(Nc3nc(O)nc(Nc4ccc(N=Nc5ccc(OC)c(C(=O)[O-])c5)cc4)n3)cc2)cc1C(=O)[O-].[Na+].[Na+]. The smallest absolute Gasteiger partial charge is 0.545 e. The van der Waals surface area contributed by atoms with E-state index in [-0.39, 0.29) is 93.6 Å². The average Bonchev–Trinajstić information content (AvgIpc) is 3.07. The fourth-order valence-electron chi connectivity index (χ4n) is 4.02. The first-order chi connectivity index (χ1) is 22.7. The van der Waals surface area contributed by atoms with Crippen LogP contribution in [0, 0.1) is 0 Å². The van der Waals surface area contributed by atoms with E-state index in [0.29, 0.717) is 34.1 Å². The largest absolute Gasteiger partial charge is 1.00 e. The summed E-state index contributed by atoms with van der Waals surface area (Å²) in [4.78, 5) is 34.7. The molecule has 0 fully saturated rings. The molecule has 0 unspecified atom stereocenters. The normalized spacial score (nSPS) is 10.6. The van der Waals surface area contributed by atoms with Crippen molar-refractivity contribution in [1.82, 2.24) is 15.0 Å². The van der Waals surface area contributed by atoms with Gasteiger partial charge in [0.2, 0.25) is 11.9 Å². The zero-order valence-electron chi connectivity index (χ0n) is 26.6. The molecule has 1 heterocycles. The van der Waals surface area contributed by atoms with Crippen LogP contribution in [0.2, 0.25) is 0 Å². The van der Waals surface area contributed by atoms with E-state index in [4.69, 9.17) is 9.47 Å². The molecule has 0 saturated heterocycles. The number of benzene rings is 4. The van der Waals surface area contributed by atoms with E-state index >= 15 is 0 Å². The van der Waals surface area contributed by atoms with Crippen molar-refractivity contribution in [2.24, 2.45) is 20.5 Å². The topological polar surface area (TPSA) is 231 Å². The third kappa shape index (κ3) is 10.5. The van der Waals surface area contributed by atoms with Crippen LogP contribution in [0.15, 0.2) is 105 Å². The number of aromatic hydroxyl groups is 1. The fourth-order valence-corrected chi connectivity index (χ4v) is 4.02. The average molecular weight is 680 g/mol. The molecule has 3 N–H and O–H groups in total. The van der Waals surface area contributed by atoms with E-state index in [0.717, 1.165) is 0 Å². The van der Waals surface area contributed by atoms with Gasteiger partial charge in [-0.3, -0.25) is 0 Å². The van der Waals surface area contributed by atoms with E-state index < -0.39 is 17.9 Å². The summed E-state index contributed by atoms with van der Waals surface area (Å²) in [6.45, 7) is 0. The molecule has 0 atom stereocenters. The molecule has 18 heteroatoms. The van der Waals surface area contributed by atoms with Crippen molar-refractivity contribution in [2.45, 2.75) is 0 Å². The number of methoxy groups -OCH3 is 2. The minimum absolute atomic E-state index is 0. The third-order valence-corrected chi connectivity index (χ3v) is 6.24. The first-order valence-electron chi connectivity index (χ1n) is 13.5. The number of nitrogens with one attached hydrogen (secondary N) is 2. The minimum Gasteiger partial charge on any atom is -0.545 e. The van der Waals surface area contributed by atoms with E-state index in [1.165, 1.54) is 38.5 Å². The Morgan fingerprint density at radius 3 is 1.29 bits per heavy atom. The summed E-state index contributed by atoms with van der Waals surface area (Å²) >= 11 is 0. The Hall–Kier alpha value is -4.97. The van der Waals surface area contributed by atoms with Gasteiger partial charge in [0.05, 0.1) is 48.9 Å². The van der Waals surface area contributed by atoms with E-state index in [1.54, 1.807) is 60.7 Å². The summed E-state index contributed by atoms with van der Waals surface area (Å²) in [5.74, 6) is -2.35. The number of ether oxygens (including phenoxy) is 2. The second-order valence-corrected chi connectivity index (χ2v) is 9.37. The van der Waals surface area contributed by atoms with Crippen LogP contribution < -0.4 is 89.4 Å². The second-order valence-electron chi connectivity index (χ2n) is 9.37. The van der Waals surface area contributed by atoms with E-state index in [1.807, 2.05) is 0 Å². The van der Waals surface area contributed by atoms with Gasteiger partial charge >= 0.3 is 65.1 Å². The number of carbonyl (C=O) groups excluding carboxylic acids is 2. The maximum atomic E-state index is 11.3. The standard InChI is InChI=1S/C31H25N9O7.2Na/c1-46-25-13-11-21(15-23(25)27(41)42)39-37-19-7-3-17(4-8-19)32-29-34-30(36-31(45)35-29)33-18-5-9-20(10-6-18)38-40-22-12-14-26(47-2)24(16-22)28(43)44;;/h3-16H,1-2H3,(H,41,42)(H,43,44)(H3,32,33,34,35,36,45);;/q;2*+1/p-2. The maximum absolute atomic E-state index is 11.3. The number of anilines is 4. The van der Waals surface area contributed by atoms with Crippen LogP contribution >= 0.6 is 0 Å². The molecule has 1 aromatic heterocycles. The molecule has 5 aromatic rings. The molecule has 5 rings (SSSR count). The first-order valence-corrected chi connectivity index (χ1v) is 13.5. The molecule has 4 aromatic carbocycles. The summed E-state index contributed by atoms with van der Waals surface area (Å²) in [6, 6.07) is 21.5. The van der Waals surface area contributed by atoms with Gasteiger partial charge in [0, 0.05) is 22.5 Å². The van der Waals surface area contributed by atoms with Crippen LogP contribution in [0.1, 0.15) is 20.7 Å². The molecule has 0 aliphatic heterocycles. The van der Waals surface area contributed by atoms with Gasteiger partial charge in [0.15, 0.2) is 0 Å². The van der Waals surface area contributed by atoms with Gasteiger partial charge in [-0.1, -0.05) is 0 Å². The molecule has 0 radical (unpaired) electrons. The van der Waals surface area contributed by atoms with Gasteiger partial charge < -0.3 is 45.0 Å². The quantitative estimate of drug-likeness (QED) is 0.103. The monoisotopic (exact) mass is 679 g/mol. The third-order valence-electron chi connectivity index (χ3n) is 6.24. The number of carboxylic acids is 2. The predicted octanol–water partition coefficient (Wildman–Crippen LogP) is -1.35. The maximum Gasteiger partial charge on any atom is 1.00 e. The molecule has 0 bridgehead atoms. The van der Waals surface area contributed by atoms with Gasteiger partial charge in [-0.05, 0) is 84.9 Å². The predicted molar refractivity (Wildman–Crippen MR) is 164 cm³/mol. The van der Waals surface area contributed by atoms with Crippen molar-refractivity contribution in [1.29, 1.82) is 0 Å². The molecule has 0 amide bonds. The van der Waals surface area contributed by atoms with Gasteiger partial charge in [-0.2, -0.15) is 35.4 Å². The van der Waals surface area contributed by atoms with E-state index in [2.05, 4.69) is 46.0 Å². The number of hydrogen-bond donors (Lipinski definition) is 3. The molecular formula is C31H23N9Na2O7. The number of rotatable bonds is 12. The molecule has 0 aliphatic carbocycles. The molecule has 0 spiro atoms. The van der Waals surface area contributed by atoms with E-state index in [9.17, 15) is 24.9 Å². The first kappa shape index (κ1) is 38.5. The van der Waals surface area contributed by atoms with Crippen LogP contribution in [-0.4, -0.2) is 46.2 Å². The molecule has 49 heavy (non-hydrogen) atoms. The number of azo groups is 2. The van der Waals surface area contributed by atoms with Crippen LogP contribution in [0.5, 0.6) is 17.5 Å². The Kier molecular flexibility index (Phi) is 14.1. The van der Waals surface area contributed by atoms with Crippen molar-refractivity contribution in [3.63, 3.8) is 0 Å². The Morgan fingerprint density at radius 2 is 0.939 bits per heavy atom. The van der Waals surface area contributed by atoms with Crippen LogP contribution in [0.25, 0.3) is 0 Å². The van der Waals surface area contributed by atoms with Crippen molar-refractivity contribution in [3.05, 3.63) is 96.1 Å². The molecule has 16 nitrogen and oxygen atoms in total. The zero-order chi connectivity index (χ0) is 33.3. The van der Waals surface area contributed by atoms with Crippen molar-refractivity contribution < 1.29 is 93.5 Å². The van der Waals surface area contributed by atoms with Gasteiger partial charge in [-0.15, -0.1) is 0 Å². The number of hydrogen-bond acceptors (Lipinski definition) is 16. The summed E-state index contributed by atoms with van der Waals surface area (Å²) in [6.07, 6.45) is 0. The summed E-state index contributed by atoms with van der Waals surface area (Å²) in [5.41, 5.74) is 2.43. The van der Waals surface area contributed by atoms with Crippen molar-refractivity contribution in [3.8, 4) is 17.5 Å². The zero-order valence-corrected chi connectivity index (χ0v) is 30.6. The Bertz CT molecular complexity index is 1860. The summed E-state index contributed by atoms with van der Waals surface area (Å²) < 4.78 is 10.0. The molecule has 236 valence electrons. The number of aromatic nitrogens is 3. The van der Waals surface area contributed by atoms with Crippen LogP contribution in [-0.2, 0) is 0 Å². The van der Waals surface area contributed by atoms with Gasteiger partial charge in [0.25, 0.3) is 0 Å². The molecular weight excluding hydrogens is 656 g/mol. The van der Waals surface area contributed by atoms with Crippen LogP contribution in [0.4, 0.5) is 46.0 Å². The minimum atomic E-state index is -1.39. The number of carbonyl (C=O) groups is 2. The number of nitrogens with zero attached hydrogens (tertiary/aromatic N) is 7. The van der Waals surface area contributed by atoms with Gasteiger partial charge in [-0.25, -0.2) is 0 Å². The summed E-state index contributed by atoms with van der Waals surface area (Å²) in [5, 5.41) is 55.0. The second kappa shape index (κ2) is 18.0. The fraction of sp³-hybridized carbons (Fsp3) is 0.0645. The van der Waals surface area contributed by atoms with Crippen molar-refractivity contribution in [2.75, 3.05) is 24.9 Å². The Balaban J connectivity index is 0.00000325. The van der Waals surface area contributed by atoms with Crippen molar-refractivity contribution >= 4 is 58.0 Å². The number of aromatic carboxylic acids is 2. The van der Waals surface area contributed by atoms with Gasteiger partial charge in [0.1, 0.15) is 11.5 Å². The summed E-state index contributed by atoms with van der Waals surface area (Å²) in [7, 11) is 2.71. The molecule has 0 saturated carbocycles.